The quantitative estimate of drug-likeness (QED) is 0.631. The van der Waals surface area contributed by atoms with Gasteiger partial charge < -0.3 is 5.73 Å². The van der Waals surface area contributed by atoms with Gasteiger partial charge in [-0.2, -0.15) is 0 Å². The van der Waals surface area contributed by atoms with Crippen molar-refractivity contribution in [3.8, 4) is 0 Å². The van der Waals surface area contributed by atoms with Crippen LogP contribution in [0.25, 0.3) is 0 Å². The summed E-state index contributed by atoms with van der Waals surface area (Å²) in [6.07, 6.45) is 0. The second-order valence-electron chi connectivity index (χ2n) is 3.29. The zero-order chi connectivity index (χ0) is 12.2. The maximum atomic E-state index is 11.8. The first-order chi connectivity index (χ1) is 7.56. The van der Waals surface area contributed by atoms with Crippen LogP contribution in [-0.2, 0) is 16.4 Å². The first-order valence-electron chi connectivity index (χ1n) is 5.04. The van der Waals surface area contributed by atoms with Crippen LogP contribution in [-0.4, -0.2) is 26.3 Å². The van der Waals surface area contributed by atoms with Gasteiger partial charge in [0.25, 0.3) is 0 Å². The lowest BCUT2D eigenvalue weighted by Crippen LogP contribution is -2.20. The molecule has 0 amide bonds. The molecule has 0 bridgehead atoms. The number of sulfone groups is 1. The Kier molecular flexibility index (Phi) is 4.20. The van der Waals surface area contributed by atoms with Gasteiger partial charge in [0, 0.05) is 19.2 Å². The van der Waals surface area contributed by atoms with Crippen LogP contribution >= 0.6 is 0 Å². The summed E-state index contributed by atoms with van der Waals surface area (Å²) in [5.74, 6) is 0.0403. The third kappa shape index (κ3) is 2.48. The monoisotopic (exact) mass is 240 g/mol. The number of nitrogens with zero attached hydrogens (tertiary/aromatic N) is 1. The van der Waals surface area contributed by atoms with Crippen molar-refractivity contribution in [2.24, 2.45) is 10.7 Å². The van der Waals surface area contributed by atoms with E-state index >= 15 is 0 Å². The fourth-order valence-electron chi connectivity index (χ4n) is 1.47. The molecule has 5 heteroatoms. The Bertz CT molecular complexity index is 492. The zero-order valence-electron chi connectivity index (χ0n) is 9.47. The summed E-state index contributed by atoms with van der Waals surface area (Å²) >= 11 is 0. The molecule has 1 aromatic carbocycles. The van der Waals surface area contributed by atoms with Crippen molar-refractivity contribution in [2.75, 3.05) is 12.8 Å². The Balaban J connectivity index is 3.37. The summed E-state index contributed by atoms with van der Waals surface area (Å²) in [5, 5.41) is 0.121. The van der Waals surface area contributed by atoms with Gasteiger partial charge in [-0.25, -0.2) is 8.42 Å². The van der Waals surface area contributed by atoms with Crippen LogP contribution in [0.4, 0.5) is 0 Å². The zero-order valence-corrected chi connectivity index (χ0v) is 10.3. The maximum absolute atomic E-state index is 11.8. The molecule has 0 aliphatic heterocycles. The summed E-state index contributed by atoms with van der Waals surface area (Å²) in [6, 6.07) is 7.16. The van der Waals surface area contributed by atoms with Gasteiger partial charge in [0.2, 0.25) is 0 Å². The molecule has 1 aromatic rings. The van der Waals surface area contributed by atoms with Crippen molar-refractivity contribution in [3.05, 3.63) is 35.4 Å². The van der Waals surface area contributed by atoms with Gasteiger partial charge in [0.05, 0.1) is 5.75 Å². The number of hydrogen-bond acceptors (Lipinski definition) is 4. The fraction of sp³-hybridized carbons (Fsp3) is 0.364. The topological polar surface area (TPSA) is 72.5 Å². The van der Waals surface area contributed by atoms with Crippen molar-refractivity contribution in [2.45, 2.75) is 13.5 Å². The highest BCUT2D eigenvalue weighted by atomic mass is 32.2. The van der Waals surface area contributed by atoms with Crippen molar-refractivity contribution >= 4 is 14.9 Å². The van der Waals surface area contributed by atoms with E-state index in [0.29, 0.717) is 12.1 Å². The van der Waals surface area contributed by atoms with Crippen molar-refractivity contribution in [1.82, 2.24) is 0 Å². The first kappa shape index (κ1) is 12.9. The van der Waals surface area contributed by atoms with Crippen molar-refractivity contribution < 1.29 is 8.42 Å². The van der Waals surface area contributed by atoms with Gasteiger partial charge in [-0.1, -0.05) is 31.2 Å². The first-order valence-corrected chi connectivity index (χ1v) is 6.70. The number of aliphatic imine (C=N–C) groups is 1. The second-order valence-corrected chi connectivity index (χ2v) is 5.49. The van der Waals surface area contributed by atoms with Crippen LogP contribution in [0.2, 0.25) is 0 Å². The Morgan fingerprint density at radius 2 is 2.00 bits per heavy atom. The lowest BCUT2D eigenvalue weighted by molar-refractivity contribution is 0.608. The van der Waals surface area contributed by atoms with Crippen LogP contribution in [0.3, 0.4) is 0 Å². The van der Waals surface area contributed by atoms with E-state index in [9.17, 15) is 8.42 Å². The average molecular weight is 240 g/mol. The van der Waals surface area contributed by atoms with Crippen molar-refractivity contribution in [1.29, 1.82) is 0 Å². The summed E-state index contributed by atoms with van der Waals surface area (Å²) in [7, 11) is -1.82. The third-order valence-corrected chi connectivity index (χ3v) is 4.10. The Labute approximate surface area is 96.1 Å². The molecule has 0 saturated heterocycles. The molecular weight excluding hydrogens is 224 g/mol. The molecule has 0 spiro atoms. The highest BCUT2D eigenvalue weighted by molar-refractivity contribution is 8.06. The Morgan fingerprint density at radius 3 is 2.50 bits per heavy atom. The smallest absolute Gasteiger partial charge is 0.195 e. The lowest BCUT2D eigenvalue weighted by atomic mass is 10.1. The molecule has 88 valence electrons. The standard InChI is InChI=1S/C11H16N2O2S/c1-3-16(14,15)11(13-2)10-7-5-4-6-9(10)8-12/h4-7H,3,8,12H2,1-2H3. The van der Waals surface area contributed by atoms with Crippen LogP contribution in [0, 0.1) is 0 Å². The van der Waals surface area contributed by atoms with E-state index in [-0.39, 0.29) is 10.8 Å². The number of rotatable bonds is 3. The average Bonchev–Trinajstić information content (AvgIpc) is 2.30. The molecule has 0 atom stereocenters. The minimum absolute atomic E-state index is 0.0403. The second kappa shape index (κ2) is 5.23. The molecule has 0 fully saturated rings. The van der Waals surface area contributed by atoms with E-state index in [4.69, 9.17) is 5.73 Å². The third-order valence-electron chi connectivity index (χ3n) is 2.35. The van der Waals surface area contributed by atoms with E-state index < -0.39 is 9.84 Å². The maximum Gasteiger partial charge on any atom is 0.195 e. The minimum atomic E-state index is -3.30. The Morgan fingerprint density at radius 1 is 1.38 bits per heavy atom. The van der Waals surface area contributed by atoms with Crippen LogP contribution < -0.4 is 5.73 Å². The molecule has 0 saturated carbocycles. The minimum Gasteiger partial charge on any atom is -0.326 e. The van der Waals surface area contributed by atoms with Gasteiger partial charge in [0.1, 0.15) is 0 Å². The number of hydrogen-bond donors (Lipinski definition) is 1. The highest BCUT2D eigenvalue weighted by Gasteiger charge is 2.20. The van der Waals surface area contributed by atoms with Crippen molar-refractivity contribution in [3.63, 3.8) is 0 Å². The molecule has 0 aliphatic carbocycles. The van der Waals surface area contributed by atoms with Gasteiger partial charge in [-0.15, -0.1) is 0 Å². The fourth-order valence-corrected chi connectivity index (χ4v) is 2.56. The molecule has 0 heterocycles. The molecular formula is C11H16N2O2S. The molecule has 0 aliphatic rings. The van der Waals surface area contributed by atoms with Crippen LogP contribution in [0.1, 0.15) is 18.1 Å². The normalized spacial score (nSPS) is 12.8. The van der Waals surface area contributed by atoms with Gasteiger partial charge in [-0.05, 0) is 5.56 Å². The van der Waals surface area contributed by atoms with Crippen LogP contribution in [0.15, 0.2) is 29.3 Å². The molecule has 16 heavy (non-hydrogen) atoms. The largest absolute Gasteiger partial charge is 0.326 e. The summed E-state index contributed by atoms with van der Waals surface area (Å²) in [5.41, 5.74) is 6.98. The SMILES string of the molecule is CCS(=O)(=O)C(=NC)c1ccccc1CN. The molecule has 2 N–H and O–H groups in total. The summed E-state index contributed by atoms with van der Waals surface area (Å²) in [6.45, 7) is 1.90. The molecule has 0 radical (unpaired) electrons. The predicted octanol–water partition coefficient (Wildman–Crippen LogP) is 0.956. The van der Waals surface area contributed by atoms with E-state index in [1.807, 2.05) is 12.1 Å². The predicted molar refractivity (Wildman–Crippen MR) is 66.3 cm³/mol. The number of nitrogens with two attached hydrogens (primary N) is 1. The highest BCUT2D eigenvalue weighted by Crippen LogP contribution is 2.13. The molecule has 4 nitrogen and oxygen atoms in total. The number of benzene rings is 1. The van der Waals surface area contributed by atoms with E-state index in [0.717, 1.165) is 5.56 Å². The molecule has 1 rings (SSSR count). The Hall–Kier alpha value is -1.20. The molecule has 0 aromatic heterocycles. The van der Waals surface area contributed by atoms with E-state index in [2.05, 4.69) is 4.99 Å². The van der Waals surface area contributed by atoms with E-state index in [1.165, 1.54) is 7.05 Å². The summed E-state index contributed by atoms with van der Waals surface area (Å²) < 4.78 is 23.7. The lowest BCUT2D eigenvalue weighted by Gasteiger charge is -2.09. The van der Waals surface area contributed by atoms with Crippen LogP contribution in [0.5, 0.6) is 0 Å². The molecule has 0 unspecified atom stereocenters. The van der Waals surface area contributed by atoms with Gasteiger partial charge in [0.15, 0.2) is 14.9 Å². The van der Waals surface area contributed by atoms with Gasteiger partial charge >= 0.3 is 0 Å². The van der Waals surface area contributed by atoms with E-state index in [1.54, 1.807) is 19.1 Å². The van der Waals surface area contributed by atoms with Gasteiger partial charge in [-0.3, -0.25) is 4.99 Å². The summed E-state index contributed by atoms with van der Waals surface area (Å²) in [4.78, 5) is 3.88.